The fourth-order valence-corrected chi connectivity index (χ4v) is 4.80. The van der Waals surface area contributed by atoms with E-state index < -0.39 is 10.0 Å². The van der Waals surface area contributed by atoms with Gasteiger partial charge in [0.25, 0.3) is 15.9 Å². The van der Waals surface area contributed by atoms with Gasteiger partial charge in [0.05, 0.1) is 28.3 Å². The van der Waals surface area contributed by atoms with E-state index in [0.717, 1.165) is 12.8 Å². The number of carbonyl (C=O) groups excluding carboxylic acids is 1. The van der Waals surface area contributed by atoms with Crippen LogP contribution >= 0.6 is 23.2 Å². The molecule has 0 saturated carbocycles. The molecule has 2 aromatic carbocycles. The highest BCUT2D eigenvalue weighted by Gasteiger charge is 2.26. The van der Waals surface area contributed by atoms with Crippen LogP contribution in [0.25, 0.3) is 0 Å². The molecule has 1 saturated heterocycles. The van der Waals surface area contributed by atoms with Gasteiger partial charge < -0.3 is 9.64 Å². The van der Waals surface area contributed by atoms with Gasteiger partial charge in [-0.3, -0.25) is 9.52 Å². The average Bonchev–Trinajstić information content (AvgIpc) is 2.69. The van der Waals surface area contributed by atoms with E-state index in [1.165, 1.54) is 43.5 Å². The van der Waals surface area contributed by atoms with Gasteiger partial charge in [-0.2, -0.15) is 0 Å². The van der Waals surface area contributed by atoms with Crippen LogP contribution in [0.4, 0.5) is 5.69 Å². The van der Waals surface area contributed by atoms with Crippen molar-refractivity contribution in [2.75, 3.05) is 24.9 Å². The molecule has 9 heteroatoms. The second-order valence-electron chi connectivity index (χ2n) is 7.07. The number of sulfonamides is 1. The van der Waals surface area contributed by atoms with Crippen LogP contribution < -0.4 is 9.46 Å². The van der Waals surface area contributed by atoms with Crippen molar-refractivity contribution in [1.82, 2.24) is 4.90 Å². The molecule has 0 spiro atoms. The molecule has 0 unspecified atom stereocenters. The lowest BCUT2D eigenvalue weighted by molar-refractivity contribution is 0.0693. The van der Waals surface area contributed by atoms with Gasteiger partial charge in [-0.15, -0.1) is 0 Å². The van der Waals surface area contributed by atoms with Crippen LogP contribution in [0.15, 0.2) is 41.3 Å². The molecule has 2 aromatic rings. The molecule has 6 nitrogen and oxygen atoms in total. The van der Waals surface area contributed by atoms with Gasteiger partial charge in [-0.25, -0.2) is 8.42 Å². The van der Waals surface area contributed by atoms with Crippen LogP contribution in [-0.4, -0.2) is 39.4 Å². The number of carbonyl (C=O) groups is 1. The Bertz CT molecular complexity index is 1020. The van der Waals surface area contributed by atoms with Crippen molar-refractivity contribution < 1.29 is 17.9 Å². The summed E-state index contributed by atoms with van der Waals surface area (Å²) in [6.07, 6.45) is 1.84. The average molecular weight is 457 g/mol. The Hall–Kier alpha value is -1.96. The molecule has 1 aliphatic heterocycles. The van der Waals surface area contributed by atoms with Crippen molar-refractivity contribution in [3.05, 3.63) is 52.0 Å². The zero-order chi connectivity index (χ0) is 21.2. The lowest BCUT2D eigenvalue weighted by atomic mass is 9.98. The van der Waals surface area contributed by atoms with Gasteiger partial charge in [0.1, 0.15) is 5.75 Å². The van der Waals surface area contributed by atoms with Crippen molar-refractivity contribution in [2.45, 2.75) is 24.7 Å². The van der Waals surface area contributed by atoms with Gasteiger partial charge in [0.2, 0.25) is 0 Å². The van der Waals surface area contributed by atoms with E-state index in [1.807, 2.05) is 0 Å². The SMILES string of the molecule is COc1ccc(S(=O)(=O)Nc2ccc(Cl)cc2Cl)cc1C(=O)N1CCC(C)CC1. The van der Waals surface area contributed by atoms with Crippen molar-refractivity contribution >= 4 is 44.8 Å². The maximum Gasteiger partial charge on any atom is 0.261 e. The van der Waals surface area contributed by atoms with E-state index in [-0.39, 0.29) is 27.1 Å². The number of likely N-dealkylation sites (tertiary alicyclic amines) is 1. The third-order valence-electron chi connectivity index (χ3n) is 4.96. The number of nitrogens with zero attached hydrogens (tertiary/aromatic N) is 1. The van der Waals surface area contributed by atoms with E-state index >= 15 is 0 Å². The largest absolute Gasteiger partial charge is 0.496 e. The minimum Gasteiger partial charge on any atom is -0.496 e. The Morgan fingerprint density at radius 1 is 1.14 bits per heavy atom. The monoisotopic (exact) mass is 456 g/mol. The lowest BCUT2D eigenvalue weighted by Crippen LogP contribution is -2.38. The first-order chi connectivity index (χ1) is 13.7. The molecule has 29 heavy (non-hydrogen) atoms. The Labute approximate surface area is 180 Å². The summed E-state index contributed by atoms with van der Waals surface area (Å²) in [5.74, 6) is 0.661. The summed E-state index contributed by atoms with van der Waals surface area (Å²) in [5.41, 5.74) is 0.414. The zero-order valence-electron chi connectivity index (χ0n) is 16.1. The molecule has 1 heterocycles. The van der Waals surface area contributed by atoms with Crippen LogP contribution in [0.2, 0.25) is 10.0 Å². The van der Waals surface area contributed by atoms with Gasteiger partial charge >= 0.3 is 0 Å². The van der Waals surface area contributed by atoms with E-state index in [1.54, 1.807) is 4.90 Å². The molecule has 1 fully saturated rings. The van der Waals surface area contributed by atoms with Gasteiger partial charge in [0, 0.05) is 18.1 Å². The van der Waals surface area contributed by atoms with Crippen molar-refractivity contribution in [1.29, 1.82) is 0 Å². The number of ether oxygens (including phenoxy) is 1. The maximum atomic E-state index is 13.0. The summed E-state index contributed by atoms with van der Waals surface area (Å²) in [7, 11) is -2.52. The number of anilines is 1. The quantitative estimate of drug-likeness (QED) is 0.708. The lowest BCUT2D eigenvalue weighted by Gasteiger charge is -2.30. The molecule has 3 rings (SSSR count). The summed E-state index contributed by atoms with van der Waals surface area (Å²) in [5, 5.41) is 0.569. The summed E-state index contributed by atoms with van der Waals surface area (Å²) >= 11 is 11.9. The van der Waals surface area contributed by atoms with Crippen molar-refractivity contribution in [3.8, 4) is 5.75 Å². The minimum atomic E-state index is -3.97. The number of amides is 1. The first-order valence-corrected chi connectivity index (χ1v) is 11.4. The highest BCUT2D eigenvalue weighted by Crippen LogP contribution is 2.30. The van der Waals surface area contributed by atoms with E-state index in [2.05, 4.69) is 11.6 Å². The number of hydrogen-bond donors (Lipinski definition) is 1. The molecule has 0 radical (unpaired) electrons. The molecule has 1 amide bonds. The predicted octanol–water partition coefficient (Wildman–Crippen LogP) is 4.67. The van der Waals surface area contributed by atoms with E-state index in [9.17, 15) is 13.2 Å². The minimum absolute atomic E-state index is 0.0574. The number of benzene rings is 2. The third kappa shape index (κ3) is 4.97. The van der Waals surface area contributed by atoms with Crippen LogP contribution in [0.1, 0.15) is 30.1 Å². The fourth-order valence-electron chi connectivity index (χ4n) is 3.18. The molecular formula is C20H22Cl2N2O4S. The van der Waals surface area contributed by atoms with Gasteiger partial charge in [-0.05, 0) is 55.2 Å². The van der Waals surface area contributed by atoms with Crippen LogP contribution in [0.3, 0.4) is 0 Å². The normalized spacial score (nSPS) is 15.2. The van der Waals surface area contributed by atoms with Gasteiger partial charge in [-0.1, -0.05) is 30.1 Å². The summed E-state index contributed by atoms with van der Waals surface area (Å²) in [6, 6.07) is 8.67. The standard InChI is InChI=1S/C20H22Cl2N2O4S/c1-13-7-9-24(10-8-13)20(25)16-12-15(4-6-19(16)28-2)29(26,27)23-18-5-3-14(21)11-17(18)22/h3-6,11-13,23H,7-10H2,1-2H3. The Kier molecular flexibility index (Phi) is 6.61. The third-order valence-corrected chi connectivity index (χ3v) is 6.87. The molecule has 0 aromatic heterocycles. The second kappa shape index (κ2) is 8.81. The zero-order valence-corrected chi connectivity index (χ0v) is 18.4. The van der Waals surface area contributed by atoms with Crippen LogP contribution in [-0.2, 0) is 10.0 Å². The van der Waals surface area contributed by atoms with E-state index in [0.29, 0.717) is 29.8 Å². The number of halogens is 2. The number of piperidine rings is 1. The molecule has 0 bridgehead atoms. The highest BCUT2D eigenvalue weighted by atomic mass is 35.5. The molecule has 156 valence electrons. The first kappa shape index (κ1) is 21.7. The number of hydrogen-bond acceptors (Lipinski definition) is 4. The number of rotatable bonds is 5. The number of nitrogens with one attached hydrogen (secondary N) is 1. The maximum absolute atomic E-state index is 13.0. The Morgan fingerprint density at radius 2 is 1.83 bits per heavy atom. The van der Waals surface area contributed by atoms with Crippen LogP contribution in [0.5, 0.6) is 5.75 Å². The van der Waals surface area contributed by atoms with Crippen molar-refractivity contribution in [2.24, 2.45) is 5.92 Å². The highest BCUT2D eigenvalue weighted by molar-refractivity contribution is 7.92. The Balaban J connectivity index is 1.91. The summed E-state index contributed by atoms with van der Waals surface area (Å²) in [4.78, 5) is 14.7. The predicted molar refractivity (Wildman–Crippen MR) is 115 cm³/mol. The van der Waals surface area contributed by atoms with Crippen LogP contribution in [0, 0.1) is 5.92 Å². The summed E-state index contributed by atoms with van der Waals surface area (Å²) in [6.45, 7) is 3.43. The fraction of sp³-hybridized carbons (Fsp3) is 0.350. The Morgan fingerprint density at radius 3 is 2.45 bits per heavy atom. The molecule has 0 aliphatic carbocycles. The molecule has 1 aliphatic rings. The molecular weight excluding hydrogens is 435 g/mol. The second-order valence-corrected chi connectivity index (χ2v) is 9.59. The smallest absolute Gasteiger partial charge is 0.261 e. The van der Waals surface area contributed by atoms with Crippen molar-refractivity contribution in [3.63, 3.8) is 0 Å². The van der Waals surface area contributed by atoms with E-state index in [4.69, 9.17) is 27.9 Å². The topological polar surface area (TPSA) is 75.7 Å². The molecule has 1 N–H and O–H groups in total. The first-order valence-electron chi connectivity index (χ1n) is 9.16. The van der Waals surface area contributed by atoms with Gasteiger partial charge in [0.15, 0.2) is 0 Å². The molecule has 0 atom stereocenters. The summed E-state index contributed by atoms with van der Waals surface area (Å²) < 4.78 is 33.5. The number of methoxy groups -OCH3 is 1.